The fourth-order valence-corrected chi connectivity index (χ4v) is 2.41. The third kappa shape index (κ3) is 2.73. The van der Waals surface area contributed by atoms with Crippen molar-refractivity contribution in [2.45, 2.75) is 13.5 Å². The van der Waals surface area contributed by atoms with Crippen molar-refractivity contribution >= 4 is 28.2 Å². The van der Waals surface area contributed by atoms with Crippen LogP contribution in [0.5, 0.6) is 0 Å². The second kappa shape index (κ2) is 5.47. The predicted molar refractivity (Wildman–Crippen MR) is 81.8 cm³/mol. The Morgan fingerprint density at radius 1 is 1.25 bits per heavy atom. The molecule has 3 rings (SSSR count). The largest absolute Gasteiger partial charge is 0.380 e. The molecule has 0 saturated heterocycles. The number of aryl methyl sites for hydroxylation is 1. The van der Waals surface area contributed by atoms with Crippen molar-refractivity contribution in [1.82, 2.24) is 4.98 Å². The number of fused-ring (bicyclic) bond motifs is 1. The average Bonchev–Trinajstić information content (AvgIpc) is 2.46. The highest BCUT2D eigenvalue weighted by molar-refractivity contribution is 6.31. The standard InChI is InChI=1S/C16H14ClN3/c1-11-7-16(19-10-12-3-2-6-18-9-12)14-8-13(17)4-5-15(14)20-11/h2-9H,10H2,1H3,(H,19,20)/p+1. The molecule has 3 aromatic rings. The first kappa shape index (κ1) is 12.9. The summed E-state index contributed by atoms with van der Waals surface area (Å²) in [7, 11) is 0. The van der Waals surface area contributed by atoms with E-state index in [0.717, 1.165) is 39.4 Å². The topological polar surface area (TPSA) is 39.1 Å². The van der Waals surface area contributed by atoms with Crippen molar-refractivity contribution < 1.29 is 4.98 Å². The van der Waals surface area contributed by atoms with Gasteiger partial charge in [-0.25, -0.2) is 4.98 Å². The number of aromatic amines is 1. The van der Waals surface area contributed by atoms with Crippen LogP contribution in [0.2, 0.25) is 5.02 Å². The zero-order valence-corrected chi connectivity index (χ0v) is 11.9. The molecule has 2 N–H and O–H groups in total. The lowest BCUT2D eigenvalue weighted by molar-refractivity contribution is -0.354. The van der Waals surface area contributed by atoms with Gasteiger partial charge in [0.1, 0.15) is 0 Å². The maximum Gasteiger partial charge on any atom is 0.213 e. The minimum atomic E-state index is 0.735. The summed E-state index contributed by atoms with van der Waals surface area (Å²) in [6.07, 6.45) is 3.64. The van der Waals surface area contributed by atoms with Crippen LogP contribution < -0.4 is 10.3 Å². The average molecular weight is 285 g/mol. The van der Waals surface area contributed by atoms with Crippen molar-refractivity contribution in [3.05, 3.63) is 65.1 Å². The lowest BCUT2D eigenvalue weighted by atomic mass is 10.1. The molecule has 0 atom stereocenters. The number of H-pyrrole nitrogens is 1. The first-order valence-corrected chi connectivity index (χ1v) is 6.85. The van der Waals surface area contributed by atoms with Crippen LogP contribution in [-0.4, -0.2) is 4.98 Å². The molecule has 0 aliphatic carbocycles. The summed E-state index contributed by atoms with van der Waals surface area (Å²) in [5, 5.41) is 5.28. The number of anilines is 1. The summed E-state index contributed by atoms with van der Waals surface area (Å²) >= 11 is 6.10. The molecule has 4 heteroatoms. The van der Waals surface area contributed by atoms with Gasteiger partial charge in [-0.3, -0.25) is 4.98 Å². The number of benzene rings is 1. The van der Waals surface area contributed by atoms with Crippen molar-refractivity contribution in [2.24, 2.45) is 0 Å². The maximum atomic E-state index is 6.10. The molecule has 0 bridgehead atoms. The van der Waals surface area contributed by atoms with Gasteiger partial charge in [0.15, 0.2) is 5.69 Å². The zero-order chi connectivity index (χ0) is 13.9. The first-order chi connectivity index (χ1) is 9.72. The minimum Gasteiger partial charge on any atom is -0.380 e. The lowest BCUT2D eigenvalue weighted by Gasteiger charge is -2.08. The molecule has 0 aliphatic rings. The van der Waals surface area contributed by atoms with E-state index in [-0.39, 0.29) is 0 Å². The summed E-state index contributed by atoms with van der Waals surface area (Å²) < 4.78 is 0. The van der Waals surface area contributed by atoms with E-state index in [1.54, 1.807) is 6.20 Å². The third-order valence-electron chi connectivity index (χ3n) is 3.17. The number of hydrogen-bond donors (Lipinski definition) is 1. The molecule has 0 aliphatic heterocycles. The molecule has 3 nitrogen and oxygen atoms in total. The van der Waals surface area contributed by atoms with Crippen LogP contribution in [0.3, 0.4) is 0 Å². The molecule has 0 spiro atoms. The molecule has 0 fully saturated rings. The van der Waals surface area contributed by atoms with E-state index in [4.69, 9.17) is 11.6 Å². The van der Waals surface area contributed by atoms with E-state index in [2.05, 4.69) is 27.4 Å². The molecule has 2 aromatic heterocycles. The molecule has 20 heavy (non-hydrogen) atoms. The Balaban J connectivity index is 1.96. The summed E-state index contributed by atoms with van der Waals surface area (Å²) in [6, 6.07) is 11.9. The van der Waals surface area contributed by atoms with E-state index in [1.165, 1.54) is 0 Å². The van der Waals surface area contributed by atoms with Gasteiger partial charge in [0.05, 0.1) is 11.1 Å². The molecular weight excluding hydrogens is 270 g/mol. The van der Waals surface area contributed by atoms with Crippen molar-refractivity contribution in [2.75, 3.05) is 5.32 Å². The third-order valence-corrected chi connectivity index (χ3v) is 3.41. The van der Waals surface area contributed by atoms with Gasteiger partial charge in [0.2, 0.25) is 5.52 Å². The summed E-state index contributed by atoms with van der Waals surface area (Å²) in [5.74, 6) is 0. The van der Waals surface area contributed by atoms with Gasteiger partial charge in [-0.1, -0.05) is 17.7 Å². The van der Waals surface area contributed by atoms with Gasteiger partial charge < -0.3 is 5.32 Å². The Morgan fingerprint density at radius 2 is 2.15 bits per heavy atom. The monoisotopic (exact) mass is 284 g/mol. The first-order valence-electron chi connectivity index (χ1n) is 6.47. The predicted octanol–water partition coefficient (Wildman–Crippen LogP) is 3.62. The number of rotatable bonds is 3. The van der Waals surface area contributed by atoms with Gasteiger partial charge in [-0.05, 0) is 23.8 Å². The van der Waals surface area contributed by atoms with Gasteiger partial charge >= 0.3 is 0 Å². The van der Waals surface area contributed by atoms with Crippen LogP contribution in [0.4, 0.5) is 5.69 Å². The SMILES string of the molecule is Cc1cc(NCc2cccnc2)c2cc(Cl)ccc2[nH+]1. The van der Waals surface area contributed by atoms with Gasteiger partial charge in [0.25, 0.3) is 0 Å². The summed E-state index contributed by atoms with van der Waals surface area (Å²) in [5.41, 5.74) is 4.40. The number of nitrogens with zero attached hydrogens (tertiary/aromatic N) is 1. The Kier molecular flexibility index (Phi) is 3.52. The van der Waals surface area contributed by atoms with Crippen molar-refractivity contribution in [3.63, 3.8) is 0 Å². The summed E-state index contributed by atoms with van der Waals surface area (Å²) in [4.78, 5) is 7.47. The van der Waals surface area contributed by atoms with Gasteiger partial charge in [-0.15, -0.1) is 0 Å². The number of hydrogen-bond acceptors (Lipinski definition) is 2. The molecule has 0 saturated carbocycles. The van der Waals surface area contributed by atoms with Crippen LogP contribution >= 0.6 is 11.6 Å². The molecule has 0 unspecified atom stereocenters. The lowest BCUT2D eigenvalue weighted by Crippen LogP contribution is -2.11. The number of aromatic nitrogens is 2. The van der Waals surface area contributed by atoms with E-state index in [9.17, 15) is 0 Å². The fourth-order valence-electron chi connectivity index (χ4n) is 2.24. The van der Waals surface area contributed by atoms with Crippen LogP contribution in [0.15, 0.2) is 48.8 Å². The molecular formula is C16H15ClN3+. The molecule has 2 heterocycles. The van der Waals surface area contributed by atoms with E-state index < -0.39 is 0 Å². The van der Waals surface area contributed by atoms with Crippen LogP contribution in [0.25, 0.3) is 10.9 Å². The highest BCUT2D eigenvalue weighted by atomic mass is 35.5. The molecule has 1 aromatic carbocycles. The Hall–Kier alpha value is -2.13. The minimum absolute atomic E-state index is 0.735. The van der Waals surface area contributed by atoms with Crippen molar-refractivity contribution in [1.29, 1.82) is 0 Å². The zero-order valence-electron chi connectivity index (χ0n) is 11.2. The van der Waals surface area contributed by atoms with E-state index in [1.807, 2.05) is 37.4 Å². The van der Waals surface area contributed by atoms with E-state index in [0.29, 0.717) is 0 Å². The molecule has 0 amide bonds. The highest BCUT2D eigenvalue weighted by Crippen LogP contribution is 2.24. The van der Waals surface area contributed by atoms with Gasteiger partial charge in [0, 0.05) is 43.0 Å². The van der Waals surface area contributed by atoms with Crippen molar-refractivity contribution in [3.8, 4) is 0 Å². The summed E-state index contributed by atoms with van der Waals surface area (Å²) in [6.45, 7) is 2.78. The fraction of sp³-hybridized carbons (Fsp3) is 0.125. The Morgan fingerprint density at radius 3 is 2.95 bits per heavy atom. The van der Waals surface area contributed by atoms with Crippen LogP contribution in [0, 0.1) is 6.92 Å². The second-order valence-electron chi connectivity index (χ2n) is 4.77. The van der Waals surface area contributed by atoms with E-state index >= 15 is 0 Å². The Labute approximate surface area is 122 Å². The molecule has 0 radical (unpaired) electrons. The number of halogens is 1. The van der Waals surface area contributed by atoms with Gasteiger partial charge in [-0.2, -0.15) is 0 Å². The van der Waals surface area contributed by atoms with Crippen LogP contribution in [0.1, 0.15) is 11.3 Å². The highest BCUT2D eigenvalue weighted by Gasteiger charge is 2.09. The quantitative estimate of drug-likeness (QED) is 0.798. The maximum absolute atomic E-state index is 6.10. The normalized spacial score (nSPS) is 10.7. The Bertz CT molecular complexity index is 741. The smallest absolute Gasteiger partial charge is 0.213 e. The molecule has 100 valence electrons. The number of pyridine rings is 2. The van der Waals surface area contributed by atoms with Crippen LogP contribution in [-0.2, 0) is 6.54 Å². The number of nitrogens with one attached hydrogen (secondary N) is 2. The second-order valence-corrected chi connectivity index (χ2v) is 5.21.